The fourth-order valence-corrected chi connectivity index (χ4v) is 4.50. The maximum absolute atomic E-state index is 6.42. The van der Waals surface area contributed by atoms with Gasteiger partial charge in [0.2, 0.25) is 0 Å². The lowest BCUT2D eigenvalue weighted by atomic mass is 10.1. The van der Waals surface area contributed by atoms with E-state index in [1.165, 1.54) is 11.1 Å². The van der Waals surface area contributed by atoms with Crippen LogP contribution in [0.3, 0.4) is 0 Å². The first-order chi connectivity index (χ1) is 16.8. The highest BCUT2D eigenvalue weighted by Crippen LogP contribution is 2.33. The van der Waals surface area contributed by atoms with E-state index in [2.05, 4.69) is 74.0 Å². The quantitative estimate of drug-likeness (QED) is 0.253. The van der Waals surface area contributed by atoms with Crippen LogP contribution in [-0.4, -0.2) is 15.6 Å². The third-order valence-electron chi connectivity index (χ3n) is 6.04. The van der Waals surface area contributed by atoms with Crippen molar-refractivity contribution in [3.8, 4) is 17.1 Å². The molecule has 0 unspecified atom stereocenters. The van der Waals surface area contributed by atoms with Crippen molar-refractivity contribution in [3.63, 3.8) is 0 Å². The first-order valence-corrected chi connectivity index (χ1v) is 12.3. The average molecular weight is 501 g/mol. The zero-order valence-electron chi connectivity index (χ0n) is 20.1. The van der Waals surface area contributed by atoms with Crippen LogP contribution in [0.25, 0.3) is 28.1 Å². The second-order valence-corrected chi connectivity index (χ2v) is 9.85. The summed E-state index contributed by atoms with van der Waals surface area (Å²) < 4.78 is 2.17. The van der Waals surface area contributed by atoms with E-state index in [4.69, 9.17) is 33.2 Å². The van der Waals surface area contributed by atoms with Gasteiger partial charge in [0.15, 0.2) is 0 Å². The fourth-order valence-electron chi connectivity index (χ4n) is 4.20. The third-order valence-corrected chi connectivity index (χ3v) is 6.78. The summed E-state index contributed by atoms with van der Waals surface area (Å²) in [4.78, 5) is 9.94. The summed E-state index contributed by atoms with van der Waals surface area (Å²) in [6.07, 6.45) is 0. The Hall–Kier alpha value is -3.34. The summed E-state index contributed by atoms with van der Waals surface area (Å²) in [6, 6.07) is 24.4. The van der Waals surface area contributed by atoms with Gasteiger partial charge in [0.1, 0.15) is 0 Å². The molecule has 0 aromatic heterocycles. The summed E-state index contributed by atoms with van der Waals surface area (Å²) in [5, 5.41) is 5.48. The molecule has 5 rings (SSSR count). The van der Waals surface area contributed by atoms with Gasteiger partial charge in [0.05, 0.1) is 43.5 Å². The molecule has 0 atom stereocenters. The molecular weight excluding hydrogens is 475 g/mol. The van der Waals surface area contributed by atoms with E-state index in [-0.39, 0.29) is 6.04 Å². The van der Waals surface area contributed by atoms with E-state index in [0.717, 1.165) is 44.8 Å². The van der Waals surface area contributed by atoms with E-state index in [9.17, 15) is 0 Å². The second kappa shape index (κ2) is 9.37. The Kier molecular flexibility index (Phi) is 6.26. The van der Waals surface area contributed by atoms with Crippen molar-refractivity contribution in [1.82, 2.24) is 9.55 Å². The number of anilines is 2. The zero-order valence-corrected chi connectivity index (χ0v) is 21.6. The van der Waals surface area contributed by atoms with Gasteiger partial charge in [-0.3, -0.25) is 4.99 Å². The number of nitrogens with zero attached hydrogens (tertiary/aromatic N) is 3. The molecular formula is C29H26Cl2N4. The van der Waals surface area contributed by atoms with Crippen LogP contribution in [0.4, 0.5) is 11.4 Å². The smallest absolute Gasteiger partial charge is 0.0900 e. The Morgan fingerprint density at radius 1 is 0.857 bits per heavy atom. The lowest BCUT2D eigenvalue weighted by Crippen LogP contribution is -2.16. The molecule has 0 spiro atoms. The molecule has 1 N–H and O–H groups in total. The van der Waals surface area contributed by atoms with Gasteiger partial charge < -0.3 is 9.88 Å². The molecule has 0 saturated heterocycles. The molecule has 0 fully saturated rings. The van der Waals surface area contributed by atoms with E-state index < -0.39 is 0 Å². The molecule has 6 heteroatoms. The fraction of sp³-hybridized carbons (Fsp3) is 0.172. The number of halogens is 2. The average Bonchev–Trinajstić information content (AvgIpc) is 2.82. The number of benzene rings is 4. The second-order valence-electron chi connectivity index (χ2n) is 9.04. The zero-order chi connectivity index (χ0) is 24.7. The van der Waals surface area contributed by atoms with Crippen molar-refractivity contribution in [1.29, 1.82) is 0 Å². The number of para-hydroxylation sites is 2. The van der Waals surface area contributed by atoms with Crippen molar-refractivity contribution in [2.75, 3.05) is 5.32 Å². The lowest BCUT2D eigenvalue weighted by molar-refractivity contribution is 0.806. The Morgan fingerprint density at radius 3 is 2.40 bits per heavy atom. The molecule has 0 amide bonds. The third kappa shape index (κ3) is 4.64. The van der Waals surface area contributed by atoms with Crippen molar-refractivity contribution in [3.05, 3.63) is 99.3 Å². The van der Waals surface area contributed by atoms with Gasteiger partial charge in [0.25, 0.3) is 0 Å². The molecule has 35 heavy (non-hydrogen) atoms. The highest BCUT2D eigenvalue weighted by atomic mass is 35.5. The number of hydrogen-bond donors (Lipinski definition) is 1. The van der Waals surface area contributed by atoms with Gasteiger partial charge in [-0.1, -0.05) is 41.4 Å². The van der Waals surface area contributed by atoms with Crippen LogP contribution < -0.4 is 10.7 Å². The van der Waals surface area contributed by atoms with Gasteiger partial charge in [-0.15, -0.1) is 0 Å². The topological polar surface area (TPSA) is 42.2 Å². The normalized spacial score (nSPS) is 12.1. The molecule has 0 saturated carbocycles. The van der Waals surface area contributed by atoms with Crippen molar-refractivity contribution >= 4 is 45.6 Å². The molecule has 0 bridgehead atoms. The minimum absolute atomic E-state index is 0.125. The van der Waals surface area contributed by atoms with Crippen molar-refractivity contribution in [2.24, 2.45) is 4.99 Å². The van der Waals surface area contributed by atoms with Gasteiger partial charge in [-0.2, -0.15) is 0 Å². The number of aryl methyl sites for hydroxylation is 2. The SMILES string of the molecule is Cc1ccc(Nc2cc3nc4ccccc4n(-c4ccc(Cl)c(Cl)c4)c-3cc2=NC(C)C)cc1C. The van der Waals surface area contributed by atoms with Crippen LogP contribution in [0.15, 0.2) is 77.8 Å². The maximum atomic E-state index is 6.42. The molecule has 4 nitrogen and oxygen atoms in total. The number of nitrogens with one attached hydrogen (secondary N) is 1. The van der Waals surface area contributed by atoms with Crippen LogP contribution in [0.5, 0.6) is 0 Å². The van der Waals surface area contributed by atoms with Crippen molar-refractivity contribution in [2.45, 2.75) is 33.7 Å². The van der Waals surface area contributed by atoms with Gasteiger partial charge in [0, 0.05) is 17.4 Å². The summed E-state index contributed by atoms with van der Waals surface area (Å²) in [7, 11) is 0. The Labute approximate surface area is 215 Å². The van der Waals surface area contributed by atoms with E-state index >= 15 is 0 Å². The van der Waals surface area contributed by atoms with Crippen LogP contribution >= 0.6 is 23.2 Å². The molecule has 0 radical (unpaired) electrons. The number of rotatable bonds is 4. The highest BCUT2D eigenvalue weighted by molar-refractivity contribution is 6.42. The summed E-state index contributed by atoms with van der Waals surface area (Å²) in [5.74, 6) is 0. The molecule has 2 aliphatic rings. The standard InChI is InChI=1S/C29H26Cl2N4/c1-17(2)32-26-16-29-27(15-25(26)33-20-10-9-18(3)19(4)13-20)34-24-7-5-6-8-28(24)35(29)21-11-12-22(30)23(31)14-21/h5-17,33H,1-4H3. The number of aromatic nitrogens is 2. The highest BCUT2D eigenvalue weighted by Gasteiger charge is 2.17. The van der Waals surface area contributed by atoms with E-state index in [0.29, 0.717) is 10.0 Å². The molecule has 3 aromatic rings. The van der Waals surface area contributed by atoms with Crippen molar-refractivity contribution < 1.29 is 0 Å². The van der Waals surface area contributed by atoms with E-state index in [1.807, 2.05) is 36.4 Å². The first kappa shape index (κ1) is 23.4. The molecule has 3 aromatic carbocycles. The van der Waals surface area contributed by atoms with Crippen LogP contribution in [0.1, 0.15) is 25.0 Å². The number of hydrogen-bond acceptors (Lipinski definition) is 3. The lowest BCUT2D eigenvalue weighted by Gasteiger charge is -2.21. The number of fused-ring (bicyclic) bond motifs is 2. The predicted molar refractivity (Wildman–Crippen MR) is 148 cm³/mol. The van der Waals surface area contributed by atoms with E-state index in [1.54, 1.807) is 0 Å². The summed E-state index contributed by atoms with van der Waals surface area (Å²) >= 11 is 12.6. The molecule has 1 aliphatic heterocycles. The monoisotopic (exact) mass is 500 g/mol. The largest absolute Gasteiger partial charge is 0.354 e. The summed E-state index contributed by atoms with van der Waals surface area (Å²) in [6.45, 7) is 8.39. The Morgan fingerprint density at radius 2 is 1.66 bits per heavy atom. The Bertz CT molecular complexity index is 1600. The van der Waals surface area contributed by atoms with Gasteiger partial charge >= 0.3 is 0 Å². The van der Waals surface area contributed by atoms with Gasteiger partial charge in [-0.25, -0.2) is 4.98 Å². The van der Waals surface area contributed by atoms with Crippen LogP contribution in [0, 0.1) is 13.8 Å². The maximum Gasteiger partial charge on any atom is 0.0900 e. The minimum Gasteiger partial charge on any atom is -0.354 e. The summed E-state index contributed by atoms with van der Waals surface area (Å²) in [5.41, 5.74) is 8.99. The van der Waals surface area contributed by atoms with Crippen LogP contribution in [0.2, 0.25) is 10.0 Å². The van der Waals surface area contributed by atoms with Crippen LogP contribution in [-0.2, 0) is 0 Å². The minimum atomic E-state index is 0.125. The Balaban J connectivity index is 1.81. The molecule has 1 aliphatic carbocycles. The van der Waals surface area contributed by atoms with Gasteiger partial charge in [-0.05, 0) is 93.4 Å². The molecule has 176 valence electrons. The molecule has 1 heterocycles. The first-order valence-electron chi connectivity index (χ1n) is 11.6. The predicted octanol–water partition coefficient (Wildman–Crippen LogP) is 8.11.